The van der Waals surface area contributed by atoms with Crippen molar-refractivity contribution in [3.8, 4) is 0 Å². The molecule has 0 aliphatic heterocycles. The fourth-order valence-corrected chi connectivity index (χ4v) is 4.43. The van der Waals surface area contributed by atoms with Gasteiger partial charge in [0.15, 0.2) is 0 Å². The highest BCUT2D eigenvalue weighted by Gasteiger charge is 2.41. The van der Waals surface area contributed by atoms with Crippen LogP contribution in [0.25, 0.3) is 0 Å². The molecule has 0 aromatic heterocycles. The van der Waals surface area contributed by atoms with Gasteiger partial charge < -0.3 is 31.1 Å². The quantitative estimate of drug-likeness (QED) is 0.196. The van der Waals surface area contributed by atoms with Crippen molar-refractivity contribution in [1.29, 1.82) is 0 Å². The molecule has 0 radical (unpaired) electrons. The highest BCUT2D eigenvalue weighted by molar-refractivity contribution is 5.96. The molecule has 44 heavy (non-hydrogen) atoms. The second-order valence-electron chi connectivity index (χ2n) is 12.2. The lowest BCUT2D eigenvalue weighted by Gasteiger charge is -2.38. The second kappa shape index (κ2) is 15.2. The average molecular weight is 629 g/mol. The predicted octanol–water partition coefficient (Wildman–Crippen LogP) is 2.94. The SMILES string of the molecule is CNC(C(=O)NC(C(=O)N(C)C/C=C(\C)C(=O)NC(CCC(=O)O)C(=O)O)C(C)(C)C)C(C)(C)c1cccc(C(F)(F)F)c1. The standard InChI is InChI=1S/C30H43F3N4O7/c1-17(24(40)35-20(27(43)44)12-13-21(38)39)14-15-37(8)26(42)23(28(2,3)4)36-25(41)22(34-7)29(5,6)18-10-9-11-19(16-18)30(31,32)33/h9-11,14,16,20,22-23,34H,12-13,15H2,1-8H3,(H,35,40)(H,36,41)(H,38,39)(H,43,44)/b17-14+. The van der Waals surface area contributed by atoms with Crippen LogP contribution in [0.15, 0.2) is 35.9 Å². The molecule has 5 N–H and O–H groups in total. The molecule has 3 amide bonds. The Morgan fingerprint density at radius 2 is 1.52 bits per heavy atom. The van der Waals surface area contributed by atoms with Gasteiger partial charge in [-0.25, -0.2) is 4.79 Å². The van der Waals surface area contributed by atoms with E-state index in [1.54, 1.807) is 34.6 Å². The number of hydrogen-bond acceptors (Lipinski definition) is 6. The summed E-state index contributed by atoms with van der Waals surface area (Å²) >= 11 is 0. The number of alkyl halides is 3. The maximum Gasteiger partial charge on any atom is 0.416 e. The summed E-state index contributed by atoms with van der Waals surface area (Å²) in [6.07, 6.45) is -3.95. The molecule has 1 aromatic rings. The van der Waals surface area contributed by atoms with E-state index in [1.165, 1.54) is 44.1 Å². The molecular formula is C30H43F3N4O7. The van der Waals surface area contributed by atoms with Crippen LogP contribution >= 0.6 is 0 Å². The summed E-state index contributed by atoms with van der Waals surface area (Å²) in [4.78, 5) is 63.0. The Morgan fingerprint density at radius 1 is 0.955 bits per heavy atom. The zero-order valence-corrected chi connectivity index (χ0v) is 26.3. The molecule has 0 aliphatic rings. The Bertz CT molecular complexity index is 1260. The number of aliphatic carboxylic acids is 2. The molecule has 11 nitrogen and oxygen atoms in total. The number of benzene rings is 1. The summed E-state index contributed by atoms with van der Waals surface area (Å²) in [7, 11) is 2.94. The van der Waals surface area contributed by atoms with Crippen LogP contribution in [0.3, 0.4) is 0 Å². The third-order valence-corrected chi connectivity index (χ3v) is 7.26. The zero-order chi connectivity index (χ0) is 34.2. The van der Waals surface area contributed by atoms with Crippen LogP contribution in [0.4, 0.5) is 13.2 Å². The predicted molar refractivity (Wildman–Crippen MR) is 157 cm³/mol. The summed E-state index contributed by atoms with van der Waals surface area (Å²) in [5.41, 5.74) is -2.42. The Morgan fingerprint density at radius 3 is 2.00 bits per heavy atom. The van der Waals surface area contributed by atoms with Gasteiger partial charge in [0.2, 0.25) is 17.7 Å². The summed E-state index contributed by atoms with van der Waals surface area (Å²) in [6, 6.07) is 1.21. The minimum Gasteiger partial charge on any atom is -0.481 e. The Labute approximate surface area is 255 Å². The minimum atomic E-state index is -4.57. The molecule has 0 fully saturated rings. The van der Waals surface area contributed by atoms with Crippen molar-refractivity contribution in [2.45, 2.75) is 84.1 Å². The molecule has 0 spiro atoms. The van der Waals surface area contributed by atoms with E-state index in [0.29, 0.717) is 0 Å². The smallest absolute Gasteiger partial charge is 0.416 e. The summed E-state index contributed by atoms with van der Waals surface area (Å²) in [5, 5.41) is 25.9. The third kappa shape index (κ3) is 10.6. The van der Waals surface area contributed by atoms with Gasteiger partial charge in [-0.05, 0) is 37.4 Å². The number of carboxylic acid groups (broad SMARTS) is 2. The van der Waals surface area contributed by atoms with Gasteiger partial charge in [0.25, 0.3) is 0 Å². The summed E-state index contributed by atoms with van der Waals surface area (Å²) in [6.45, 7) is 9.75. The van der Waals surface area contributed by atoms with Crippen molar-refractivity contribution in [1.82, 2.24) is 20.9 Å². The Kier molecular flexibility index (Phi) is 13.1. The van der Waals surface area contributed by atoms with Gasteiger partial charge in [0, 0.05) is 31.0 Å². The van der Waals surface area contributed by atoms with Crippen LogP contribution in [0, 0.1) is 5.41 Å². The van der Waals surface area contributed by atoms with Crippen LogP contribution in [-0.2, 0) is 35.6 Å². The zero-order valence-electron chi connectivity index (χ0n) is 26.3. The molecule has 3 unspecified atom stereocenters. The summed E-state index contributed by atoms with van der Waals surface area (Å²) < 4.78 is 40.1. The number of carbonyl (C=O) groups excluding carboxylic acids is 3. The lowest BCUT2D eigenvalue weighted by atomic mass is 9.76. The van der Waals surface area contributed by atoms with E-state index in [2.05, 4.69) is 16.0 Å². The number of nitrogens with zero attached hydrogens (tertiary/aromatic N) is 1. The van der Waals surface area contributed by atoms with Gasteiger partial charge in [0.05, 0.1) is 11.6 Å². The molecule has 0 bridgehead atoms. The van der Waals surface area contributed by atoms with E-state index in [-0.39, 0.29) is 24.1 Å². The fourth-order valence-electron chi connectivity index (χ4n) is 4.43. The number of amides is 3. The van der Waals surface area contributed by atoms with Gasteiger partial charge in [0.1, 0.15) is 12.1 Å². The van der Waals surface area contributed by atoms with Crippen LogP contribution in [0.2, 0.25) is 0 Å². The first-order chi connectivity index (χ1) is 20.0. The van der Waals surface area contributed by atoms with Crippen LogP contribution < -0.4 is 16.0 Å². The van der Waals surface area contributed by atoms with E-state index in [1.807, 2.05) is 0 Å². The van der Waals surface area contributed by atoms with Gasteiger partial charge in [-0.2, -0.15) is 13.2 Å². The minimum absolute atomic E-state index is 0.0839. The van der Waals surface area contributed by atoms with Crippen LogP contribution in [-0.4, -0.2) is 83.5 Å². The molecule has 0 saturated carbocycles. The van der Waals surface area contributed by atoms with E-state index in [9.17, 15) is 42.3 Å². The van der Waals surface area contributed by atoms with Crippen molar-refractivity contribution in [3.63, 3.8) is 0 Å². The first-order valence-electron chi connectivity index (χ1n) is 13.9. The molecule has 0 aliphatic carbocycles. The molecule has 1 aromatic carbocycles. The van der Waals surface area contributed by atoms with Crippen molar-refractivity contribution in [2.75, 3.05) is 20.6 Å². The van der Waals surface area contributed by atoms with E-state index in [0.717, 1.165) is 12.1 Å². The van der Waals surface area contributed by atoms with Gasteiger partial charge in [-0.3, -0.25) is 19.2 Å². The molecule has 246 valence electrons. The number of hydrogen-bond donors (Lipinski definition) is 5. The van der Waals surface area contributed by atoms with Gasteiger partial charge in [-0.1, -0.05) is 58.9 Å². The van der Waals surface area contributed by atoms with Crippen molar-refractivity contribution < 1.29 is 47.4 Å². The topological polar surface area (TPSA) is 165 Å². The monoisotopic (exact) mass is 628 g/mol. The number of rotatable bonds is 14. The second-order valence-corrected chi connectivity index (χ2v) is 12.2. The first kappa shape index (κ1) is 38.1. The Balaban J connectivity index is 3.12. The van der Waals surface area contributed by atoms with Gasteiger partial charge in [-0.15, -0.1) is 0 Å². The molecule has 14 heteroatoms. The van der Waals surface area contributed by atoms with E-state index < -0.39 is 76.8 Å². The van der Waals surface area contributed by atoms with E-state index in [4.69, 9.17) is 5.11 Å². The van der Waals surface area contributed by atoms with Crippen molar-refractivity contribution >= 4 is 29.7 Å². The lowest BCUT2D eigenvalue weighted by molar-refractivity contribution is -0.142. The normalized spacial score (nSPS) is 14.7. The summed E-state index contributed by atoms with van der Waals surface area (Å²) in [5.74, 6) is -4.47. The van der Waals surface area contributed by atoms with Crippen LogP contribution in [0.1, 0.15) is 65.5 Å². The largest absolute Gasteiger partial charge is 0.481 e. The number of likely N-dealkylation sites (N-methyl/N-ethyl adjacent to an activating group) is 2. The van der Waals surface area contributed by atoms with Gasteiger partial charge >= 0.3 is 18.1 Å². The van der Waals surface area contributed by atoms with E-state index >= 15 is 0 Å². The number of nitrogens with one attached hydrogen (secondary N) is 3. The maximum atomic E-state index is 13.6. The Hall–Kier alpha value is -3.94. The van der Waals surface area contributed by atoms with Crippen molar-refractivity contribution in [2.24, 2.45) is 5.41 Å². The fraction of sp³-hybridized carbons (Fsp3) is 0.567. The molecule has 1 rings (SSSR count). The number of carbonyl (C=O) groups is 5. The first-order valence-corrected chi connectivity index (χ1v) is 13.9. The maximum absolute atomic E-state index is 13.6. The average Bonchev–Trinajstić information content (AvgIpc) is 2.90. The molecular weight excluding hydrogens is 585 g/mol. The third-order valence-electron chi connectivity index (χ3n) is 7.26. The number of halogens is 3. The molecule has 0 heterocycles. The highest BCUT2D eigenvalue weighted by Crippen LogP contribution is 2.34. The molecule has 3 atom stereocenters. The number of carboxylic acids is 2. The molecule has 0 saturated heterocycles. The highest BCUT2D eigenvalue weighted by atomic mass is 19.4. The van der Waals surface area contributed by atoms with Crippen LogP contribution in [0.5, 0.6) is 0 Å². The lowest BCUT2D eigenvalue weighted by Crippen LogP contribution is -2.60. The van der Waals surface area contributed by atoms with Crippen molar-refractivity contribution in [3.05, 3.63) is 47.0 Å².